The van der Waals surface area contributed by atoms with E-state index in [1.165, 1.54) is 0 Å². The van der Waals surface area contributed by atoms with Crippen molar-refractivity contribution in [2.75, 3.05) is 5.32 Å². The molecule has 2 rings (SSSR count). The van der Waals surface area contributed by atoms with Crippen molar-refractivity contribution in [3.05, 3.63) is 48.5 Å². The van der Waals surface area contributed by atoms with Crippen molar-refractivity contribution in [1.82, 2.24) is 4.98 Å². The summed E-state index contributed by atoms with van der Waals surface area (Å²) >= 11 is 15.9. The maximum absolute atomic E-state index is 9.65. The summed E-state index contributed by atoms with van der Waals surface area (Å²) in [5, 5.41) is 13.3. The number of aromatic hydroxyl groups is 1. The number of nitrogens with one attached hydrogen (secondary N) is 1. The minimum absolute atomic E-state index is 0.186. The van der Waals surface area contributed by atoms with Gasteiger partial charge in [-0.15, -0.1) is 0 Å². The van der Waals surface area contributed by atoms with E-state index in [2.05, 4.69) is 58.1 Å². The number of phenolic OH excluding ortho intramolecular Hbond substituents is 1. The van der Waals surface area contributed by atoms with Gasteiger partial charge in [-0.25, -0.2) is 4.98 Å². The van der Waals surface area contributed by atoms with Crippen molar-refractivity contribution < 1.29 is 5.11 Å². The standard InChI is InChI=1S/C12H8Br3ClN2O/c13-7-3-10(12(16)18-5-7)17-4-6-1-8(14)11(19)9(15)2-6/h1-3,5,17,19H,4H2. The fourth-order valence-electron chi connectivity index (χ4n) is 1.46. The van der Waals surface area contributed by atoms with Gasteiger partial charge in [0.25, 0.3) is 0 Å². The van der Waals surface area contributed by atoms with E-state index in [0.29, 0.717) is 20.6 Å². The monoisotopic (exact) mass is 468 g/mol. The van der Waals surface area contributed by atoms with Crippen LogP contribution in [0.1, 0.15) is 5.56 Å². The first-order valence-corrected chi connectivity index (χ1v) is 7.95. The van der Waals surface area contributed by atoms with Crippen molar-refractivity contribution in [3.63, 3.8) is 0 Å². The average molecular weight is 471 g/mol. The molecule has 1 aromatic heterocycles. The van der Waals surface area contributed by atoms with Crippen molar-refractivity contribution in [3.8, 4) is 5.75 Å². The fourth-order valence-corrected chi connectivity index (χ4v) is 3.25. The van der Waals surface area contributed by atoms with Gasteiger partial charge in [0, 0.05) is 17.2 Å². The molecule has 0 saturated heterocycles. The molecule has 1 heterocycles. The zero-order valence-corrected chi connectivity index (χ0v) is 14.9. The molecule has 2 aromatic rings. The summed E-state index contributed by atoms with van der Waals surface area (Å²) in [6.45, 7) is 0.565. The van der Waals surface area contributed by atoms with Crippen LogP contribution in [-0.2, 0) is 6.54 Å². The molecule has 0 amide bonds. The van der Waals surface area contributed by atoms with E-state index in [-0.39, 0.29) is 5.75 Å². The highest BCUT2D eigenvalue weighted by Gasteiger charge is 2.07. The molecule has 0 bridgehead atoms. The minimum atomic E-state index is 0.186. The Labute approximate surface area is 140 Å². The third-order valence-corrected chi connectivity index (χ3v) is 4.31. The van der Waals surface area contributed by atoms with Gasteiger partial charge in [-0.05, 0) is 71.6 Å². The lowest BCUT2D eigenvalue weighted by Gasteiger charge is -2.10. The number of hydrogen-bond donors (Lipinski definition) is 2. The Hall–Kier alpha value is -0.300. The largest absolute Gasteiger partial charge is 0.506 e. The molecular formula is C12H8Br3ClN2O. The van der Waals surface area contributed by atoms with Crippen LogP contribution in [0.3, 0.4) is 0 Å². The van der Waals surface area contributed by atoms with Crippen LogP contribution in [0.4, 0.5) is 5.69 Å². The molecule has 0 aliphatic heterocycles. The second-order valence-electron chi connectivity index (χ2n) is 3.75. The first-order valence-electron chi connectivity index (χ1n) is 5.19. The van der Waals surface area contributed by atoms with E-state index in [1.807, 2.05) is 18.2 Å². The number of aromatic nitrogens is 1. The molecule has 0 aliphatic rings. The highest BCUT2D eigenvalue weighted by atomic mass is 79.9. The summed E-state index contributed by atoms with van der Waals surface area (Å²) in [6.07, 6.45) is 1.64. The van der Waals surface area contributed by atoms with Crippen LogP contribution in [0.5, 0.6) is 5.75 Å². The normalized spacial score (nSPS) is 10.5. The van der Waals surface area contributed by atoms with Gasteiger partial charge in [0.1, 0.15) is 5.75 Å². The van der Waals surface area contributed by atoms with Gasteiger partial charge < -0.3 is 10.4 Å². The Balaban J connectivity index is 2.17. The van der Waals surface area contributed by atoms with Crippen LogP contribution >= 0.6 is 59.4 Å². The van der Waals surface area contributed by atoms with Gasteiger partial charge >= 0.3 is 0 Å². The van der Waals surface area contributed by atoms with E-state index in [0.717, 1.165) is 15.7 Å². The molecule has 1 aromatic carbocycles. The molecule has 19 heavy (non-hydrogen) atoms. The van der Waals surface area contributed by atoms with Crippen molar-refractivity contribution in [2.45, 2.75) is 6.54 Å². The lowest BCUT2D eigenvalue weighted by molar-refractivity contribution is 0.468. The van der Waals surface area contributed by atoms with Crippen LogP contribution < -0.4 is 5.32 Å². The minimum Gasteiger partial charge on any atom is -0.506 e. The van der Waals surface area contributed by atoms with Gasteiger partial charge in [-0.1, -0.05) is 11.6 Å². The van der Waals surface area contributed by atoms with Crippen molar-refractivity contribution in [1.29, 1.82) is 0 Å². The second kappa shape index (κ2) is 6.43. The summed E-state index contributed by atoms with van der Waals surface area (Å²) in [6, 6.07) is 5.54. The molecule has 0 unspecified atom stereocenters. The lowest BCUT2D eigenvalue weighted by atomic mass is 10.2. The quantitative estimate of drug-likeness (QED) is 0.595. The van der Waals surface area contributed by atoms with Crippen LogP contribution in [0.25, 0.3) is 0 Å². The molecule has 0 fully saturated rings. The van der Waals surface area contributed by atoms with E-state index in [4.69, 9.17) is 11.6 Å². The first-order chi connectivity index (χ1) is 8.97. The predicted molar refractivity (Wildman–Crippen MR) is 87.8 cm³/mol. The molecule has 7 heteroatoms. The highest BCUT2D eigenvalue weighted by Crippen LogP contribution is 2.33. The Bertz CT molecular complexity index is 599. The Morgan fingerprint density at radius 2 is 1.79 bits per heavy atom. The highest BCUT2D eigenvalue weighted by molar-refractivity contribution is 9.11. The third kappa shape index (κ3) is 3.84. The summed E-state index contributed by atoms with van der Waals surface area (Å²) in [7, 11) is 0. The number of pyridine rings is 1. The van der Waals surface area contributed by atoms with Crippen LogP contribution in [0.15, 0.2) is 37.8 Å². The van der Waals surface area contributed by atoms with Crippen LogP contribution in [0, 0.1) is 0 Å². The fraction of sp³-hybridized carbons (Fsp3) is 0.0833. The molecule has 3 nitrogen and oxygen atoms in total. The van der Waals surface area contributed by atoms with Gasteiger partial charge in [-0.3, -0.25) is 0 Å². The number of halogens is 4. The smallest absolute Gasteiger partial charge is 0.152 e. The molecule has 0 aliphatic carbocycles. The first kappa shape index (κ1) is 15.1. The average Bonchev–Trinajstić information content (AvgIpc) is 2.37. The topological polar surface area (TPSA) is 45.1 Å². The summed E-state index contributed by atoms with van der Waals surface area (Å²) in [5.74, 6) is 0.186. The number of rotatable bonds is 3. The second-order valence-corrected chi connectivity index (χ2v) is 6.74. The van der Waals surface area contributed by atoms with E-state index in [9.17, 15) is 5.11 Å². The Kier molecular flexibility index (Phi) is 5.11. The Morgan fingerprint density at radius 1 is 1.16 bits per heavy atom. The number of phenols is 1. The molecule has 0 atom stereocenters. The SMILES string of the molecule is Oc1c(Br)cc(CNc2cc(Br)cnc2Cl)cc1Br. The maximum atomic E-state index is 9.65. The maximum Gasteiger partial charge on any atom is 0.152 e. The predicted octanol–water partition coefficient (Wildman–Crippen LogP) is 5.34. The van der Waals surface area contributed by atoms with E-state index >= 15 is 0 Å². The molecule has 100 valence electrons. The van der Waals surface area contributed by atoms with Gasteiger partial charge in [-0.2, -0.15) is 0 Å². The Morgan fingerprint density at radius 3 is 2.42 bits per heavy atom. The van der Waals surface area contributed by atoms with Crippen molar-refractivity contribution in [2.24, 2.45) is 0 Å². The summed E-state index contributed by atoms with van der Waals surface area (Å²) in [5.41, 5.74) is 1.74. The lowest BCUT2D eigenvalue weighted by Crippen LogP contribution is -2.01. The van der Waals surface area contributed by atoms with Gasteiger partial charge in [0.15, 0.2) is 5.15 Å². The molecule has 0 saturated carbocycles. The summed E-state index contributed by atoms with van der Waals surface area (Å²) < 4.78 is 2.13. The zero-order valence-electron chi connectivity index (χ0n) is 9.42. The molecular weight excluding hydrogens is 463 g/mol. The molecule has 0 spiro atoms. The number of hydrogen-bond acceptors (Lipinski definition) is 3. The van der Waals surface area contributed by atoms with Gasteiger partial charge in [0.2, 0.25) is 0 Å². The molecule has 2 N–H and O–H groups in total. The third-order valence-electron chi connectivity index (χ3n) is 2.37. The van der Waals surface area contributed by atoms with Crippen LogP contribution in [-0.4, -0.2) is 10.1 Å². The number of nitrogens with zero attached hydrogens (tertiary/aromatic N) is 1. The van der Waals surface area contributed by atoms with E-state index < -0.39 is 0 Å². The number of anilines is 1. The van der Waals surface area contributed by atoms with Crippen LogP contribution in [0.2, 0.25) is 5.15 Å². The van der Waals surface area contributed by atoms with E-state index in [1.54, 1.807) is 6.20 Å². The summed E-state index contributed by atoms with van der Waals surface area (Å²) in [4.78, 5) is 4.04. The zero-order chi connectivity index (χ0) is 14.0. The van der Waals surface area contributed by atoms with Crippen molar-refractivity contribution >= 4 is 65.1 Å². The van der Waals surface area contributed by atoms with Gasteiger partial charge in [0.05, 0.1) is 14.6 Å². The number of benzene rings is 1. The molecule has 0 radical (unpaired) electrons.